The van der Waals surface area contributed by atoms with Crippen LogP contribution in [0.15, 0.2) is 109 Å². The van der Waals surface area contributed by atoms with Crippen molar-refractivity contribution in [3.05, 3.63) is 147 Å². The number of ketones is 1. The van der Waals surface area contributed by atoms with Gasteiger partial charge in [-0.15, -0.1) is 0 Å². The molecule has 8 rings (SSSR count). The molecule has 0 spiro atoms. The van der Waals surface area contributed by atoms with Gasteiger partial charge in [0, 0.05) is 37.0 Å². The molecule has 1 amide bonds. The molecule has 0 bridgehead atoms. The van der Waals surface area contributed by atoms with Crippen molar-refractivity contribution >= 4 is 45.9 Å². The van der Waals surface area contributed by atoms with Crippen LogP contribution in [-0.4, -0.2) is 70.1 Å². The van der Waals surface area contributed by atoms with Crippen molar-refractivity contribution in [3.63, 3.8) is 0 Å². The largest absolute Gasteiger partial charge is 0.459 e. The Labute approximate surface area is 324 Å². The van der Waals surface area contributed by atoms with Crippen molar-refractivity contribution in [1.82, 2.24) is 19.4 Å². The number of carbonyl (C=O) groups is 2. The molecule has 11 heteroatoms. The number of halogens is 3. The summed E-state index contributed by atoms with van der Waals surface area (Å²) in [5, 5.41) is 0.809. The average molecular weight is 768 g/mol. The van der Waals surface area contributed by atoms with Gasteiger partial charge in [0.1, 0.15) is 17.8 Å². The molecule has 8 nitrogen and oxygen atoms in total. The van der Waals surface area contributed by atoms with Crippen LogP contribution in [0.4, 0.5) is 4.39 Å². The Morgan fingerprint density at radius 3 is 2.43 bits per heavy atom. The second kappa shape index (κ2) is 15.6. The summed E-state index contributed by atoms with van der Waals surface area (Å²) in [5.74, 6) is 0.675. The fraction of sp³-hybridized carbons (Fsp3) is 0.326. The summed E-state index contributed by atoms with van der Waals surface area (Å²) in [4.78, 5) is 36.9. The highest BCUT2D eigenvalue weighted by Crippen LogP contribution is 2.45. The van der Waals surface area contributed by atoms with Gasteiger partial charge in [0.25, 0.3) is 5.91 Å². The normalized spacial score (nSPS) is 20.5. The van der Waals surface area contributed by atoms with Gasteiger partial charge in [-0.25, -0.2) is 9.37 Å². The zero-order valence-corrected chi connectivity index (χ0v) is 31.3. The maximum atomic E-state index is 14.1. The summed E-state index contributed by atoms with van der Waals surface area (Å²) in [6.45, 7) is 3.76. The van der Waals surface area contributed by atoms with Crippen LogP contribution in [-0.2, 0) is 22.4 Å². The lowest BCUT2D eigenvalue weighted by Gasteiger charge is -2.35. The van der Waals surface area contributed by atoms with Crippen LogP contribution in [0.5, 0.6) is 0 Å². The van der Waals surface area contributed by atoms with Gasteiger partial charge in [0.05, 0.1) is 27.0 Å². The van der Waals surface area contributed by atoms with Crippen molar-refractivity contribution in [2.24, 2.45) is 11.3 Å². The second-order valence-corrected chi connectivity index (χ2v) is 15.4. The topological polar surface area (TPSA) is 76.9 Å². The van der Waals surface area contributed by atoms with E-state index < -0.39 is 11.7 Å². The van der Waals surface area contributed by atoms with Crippen LogP contribution in [0.25, 0.3) is 11.0 Å². The van der Waals surface area contributed by atoms with E-state index in [-0.39, 0.29) is 23.4 Å². The standard InChI is InChI=1S/C43H41Cl2FN4O4/c44-32-12-15-34(35(45)25-32)42(52)49-23-19-43(28-49,38-27-53-39(54-38)24-29-6-2-1-3-7-29)18-22-48-20-16-31(17-21-48)40(51)41-47-36-8-4-5-9-37(36)50(41)26-30-10-13-33(46)14-11-30/h1-15,25,27,31,39H,16-24,26,28H2. The lowest BCUT2D eigenvalue weighted by molar-refractivity contribution is -0.0453. The minimum Gasteiger partial charge on any atom is -0.459 e. The third-order valence-corrected chi connectivity index (χ3v) is 11.7. The summed E-state index contributed by atoms with van der Waals surface area (Å²) in [6.07, 6.45) is 4.82. The molecule has 278 valence electrons. The van der Waals surface area contributed by atoms with Gasteiger partial charge in [-0.05, 0) is 98.9 Å². The molecule has 3 aliphatic rings. The molecule has 2 unspecified atom stereocenters. The fourth-order valence-electron chi connectivity index (χ4n) is 8.06. The molecule has 0 radical (unpaired) electrons. The molecule has 0 aliphatic carbocycles. The zero-order valence-electron chi connectivity index (χ0n) is 29.8. The summed E-state index contributed by atoms with van der Waals surface area (Å²) >= 11 is 12.6. The number of para-hydroxylation sites is 2. The van der Waals surface area contributed by atoms with Crippen LogP contribution >= 0.6 is 23.2 Å². The quantitative estimate of drug-likeness (QED) is 0.125. The second-order valence-electron chi connectivity index (χ2n) is 14.6. The van der Waals surface area contributed by atoms with Crippen molar-refractivity contribution in [2.75, 3.05) is 32.7 Å². The Bertz CT molecular complexity index is 2190. The molecule has 4 aromatic carbocycles. The minimum absolute atomic E-state index is 0.0429. The van der Waals surface area contributed by atoms with Gasteiger partial charge < -0.3 is 23.8 Å². The number of likely N-dealkylation sites (tertiary alicyclic amines) is 2. The number of hydrogen-bond acceptors (Lipinski definition) is 6. The number of imidazole rings is 1. The summed E-state index contributed by atoms with van der Waals surface area (Å²) in [7, 11) is 0. The van der Waals surface area contributed by atoms with Gasteiger partial charge in [-0.2, -0.15) is 0 Å². The molecule has 1 aromatic heterocycles. The number of rotatable bonds is 11. The van der Waals surface area contributed by atoms with Gasteiger partial charge >= 0.3 is 0 Å². The fourth-order valence-corrected chi connectivity index (χ4v) is 8.55. The molecule has 3 aliphatic heterocycles. The predicted octanol–water partition coefficient (Wildman–Crippen LogP) is 8.80. The number of fused-ring (bicyclic) bond motifs is 1. The lowest BCUT2D eigenvalue weighted by Crippen LogP contribution is -2.40. The van der Waals surface area contributed by atoms with E-state index in [0.29, 0.717) is 60.3 Å². The first kappa shape index (κ1) is 36.3. The van der Waals surface area contributed by atoms with Crippen molar-refractivity contribution in [3.8, 4) is 0 Å². The first-order chi connectivity index (χ1) is 26.2. The first-order valence-corrected chi connectivity index (χ1v) is 19.3. The van der Waals surface area contributed by atoms with Gasteiger partial charge in [0.2, 0.25) is 12.1 Å². The number of piperidine rings is 1. The molecular weight excluding hydrogens is 726 g/mol. The Balaban J connectivity index is 0.950. The first-order valence-electron chi connectivity index (χ1n) is 18.5. The van der Waals surface area contributed by atoms with E-state index in [2.05, 4.69) is 17.0 Å². The predicted molar refractivity (Wildman–Crippen MR) is 207 cm³/mol. The van der Waals surface area contributed by atoms with Crippen LogP contribution < -0.4 is 0 Å². The van der Waals surface area contributed by atoms with E-state index in [0.717, 1.165) is 60.4 Å². The third-order valence-electron chi connectivity index (χ3n) is 11.1. The molecular formula is C43H41Cl2FN4O4. The average Bonchev–Trinajstić information content (AvgIpc) is 3.94. The molecule has 2 fully saturated rings. The van der Waals surface area contributed by atoms with Gasteiger partial charge in [-0.3, -0.25) is 9.59 Å². The van der Waals surface area contributed by atoms with Crippen LogP contribution in [0, 0.1) is 17.2 Å². The van der Waals surface area contributed by atoms with Gasteiger partial charge in [-0.1, -0.05) is 77.8 Å². The van der Waals surface area contributed by atoms with Crippen LogP contribution in [0.3, 0.4) is 0 Å². The summed E-state index contributed by atoms with van der Waals surface area (Å²) < 4.78 is 28.2. The third kappa shape index (κ3) is 7.63. The number of hydrogen-bond donors (Lipinski definition) is 0. The molecule has 4 heterocycles. The molecule has 54 heavy (non-hydrogen) atoms. The highest BCUT2D eigenvalue weighted by atomic mass is 35.5. The van der Waals surface area contributed by atoms with E-state index in [1.807, 2.05) is 51.9 Å². The zero-order chi connectivity index (χ0) is 37.2. The van der Waals surface area contributed by atoms with E-state index in [9.17, 15) is 14.0 Å². The Morgan fingerprint density at radius 2 is 1.65 bits per heavy atom. The minimum atomic E-state index is -0.447. The van der Waals surface area contributed by atoms with Crippen molar-refractivity contribution < 1.29 is 23.5 Å². The maximum absolute atomic E-state index is 14.1. The number of benzene rings is 4. The maximum Gasteiger partial charge on any atom is 0.255 e. The number of amides is 1. The number of Topliss-reactive ketones (excluding diaryl/α,β-unsaturated/α-hetero) is 1. The van der Waals surface area contributed by atoms with E-state index >= 15 is 0 Å². The lowest BCUT2D eigenvalue weighted by atomic mass is 9.81. The SMILES string of the molecule is O=C(c1nc2ccccc2n1Cc1ccc(F)cc1)C1CCN(CCC2(C3=COC(Cc4ccccc4)O3)CCN(C(=O)c3ccc(Cl)cc3Cl)C2)CC1. The highest BCUT2D eigenvalue weighted by Gasteiger charge is 2.47. The number of aromatic nitrogens is 2. The van der Waals surface area contributed by atoms with Crippen LogP contribution in [0.1, 0.15) is 57.8 Å². The Morgan fingerprint density at radius 1 is 0.889 bits per heavy atom. The monoisotopic (exact) mass is 766 g/mol. The number of carbonyl (C=O) groups excluding carboxylic acids is 2. The Kier molecular flexibility index (Phi) is 10.5. The van der Waals surface area contributed by atoms with E-state index in [1.165, 1.54) is 12.1 Å². The molecule has 0 saturated carbocycles. The number of nitrogens with zero attached hydrogens (tertiary/aromatic N) is 4. The van der Waals surface area contributed by atoms with Crippen LogP contribution in [0.2, 0.25) is 10.0 Å². The summed E-state index contributed by atoms with van der Waals surface area (Å²) in [5.41, 5.74) is 3.65. The molecule has 2 atom stereocenters. The van der Waals surface area contributed by atoms with Crippen molar-refractivity contribution in [1.29, 1.82) is 0 Å². The highest BCUT2D eigenvalue weighted by molar-refractivity contribution is 6.36. The summed E-state index contributed by atoms with van der Waals surface area (Å²) in [6, 6.07) is 29.2. The van der Waals surface area contributed by atoms with E-state index in [1.54, 1.807) is 36.6 Å². The van der Waals surface area contributed by atoms with Crippen molar-refractivity contribution in [2.45, 2.75) is 44.9 Å². The molecule has 2 saturated heterocycles. The Hall–Kier alpha value is -4.70. The van der Waals surface area contributed by atoms with E-state index in [4.69, 9.17) is 37.7 Å². The molecule has 5 aromatic rings. The molecule has 0 N–H and O–H groups in total. The smallest absolute Gasteiger partial charge is 0.255 e. The van der Waals surface area contributed by atoms with Gasteiger partial charge in [0.15, 0.2) is 5.82 Å². The number of ether oxygens (including phenoxy) is 2.